The van der Waals surface area contributed by atoms with Gasteiger partial charge in [0.15, 0.2) is 11.5 Å². The summed E-state index contributed by atoms with van der Waals surface area (Å²) < 4.78 is 7.10. The fourth-order valence-corrected chi connectivity index (χ4v) is 3.13. The van der Waals surface area contributed by atoms with Crippen molar-refractivity contribution in [1.82, 2.24) is 5.43 Å². The van der Waals surface area contributed by atoms with Crippen LogP contribution in [0.4, 0.5) is 0 Å². The Labute approximate surface area is 164 Å². The maximum Gasteiger partial charge on any atom is 0.272 e. The molecule has 2 aromatic rings. The summed E-state index contributed by atoms with van der Waals surface area (Å²) >= 11 is 9.97. The van der Waals surface area contributed by atoms with Crippen LogP contribution in [0.1, 0.15) is 22.8 Å². The molecule has 0 unspecified atom stereocenters. The number of amides is 1. The van der Waals surface area contributed by atoms with E-state index in [1.807, 2.05) is 13.0 Å². The third kappa shape index (κ3) is 4.37. The Balaban J connectivity index is 2.20. The molecule has 2 aromatic carbocycles. The number of phenolic OH excluding ortho intramolecular Hbond substituents is 1. The van der Waals surface area contributed by atoms with E-state index in [0.717, 1.165) is 0 Å². The number of aromatic hydroxyl groups is 1. The van der Waals surface area contributed by atoms with Crippen LogP contribution >= 0.6 is 47.8 Å². The van der Waals surface area contributed by atoms with Gasteiger partial charge in [-0.05, 0) is 72.9 Å². The smallest absolute Gasteiger partial charge is 0.272 e. The van der Waals surface area contributed by atoms with Crippen molar-refractivity contribution in [2.45, 2.75) is 6.92 Å². The summed E-state index contributed by atoms with van der Waals surface area (Å²) in [5.74, 6) is -0.0120. The number of benzene rings is 2. The van der Waals surface area contributed by atoms with Crippen LogP contribution in [0.15, 0.2) is 48.9 Å². The third-order valence-corrected chi connectivity index (χ3v) is 5.81. The Morgan fingerprint density at radius 1 is 1.29 bits per heavy atom. The molecule has 0 radical (unpaired) electrons. The van der Waals surface area contributed by atoms with Gasteiger partial charge in [0, 0.05) is 14.5 Å². The standard InChI is InChI=1S/C16H13Br3N2O3/c1-2-24-12-7-9(13(18)14(19)15(12)22)8-20-21-16(23)10-5-3-4-6-11(10)17/h3-8,22H,2H2,1H3,(H,21,23). The highest BCUT2D eigenvalue weighted by Crippen LogP contribution is 2.41. The molecular formula is C16H13Br3N2O3. The zero-order chi connectivity index (χ0) is 17.7. The second kappa shape index (κ2) is 8.64. The van der Waals surface area contributed by atoms with Gasteiger partial charge in [-0.25, -0.2) is 5.43 Å². The van der Waals surface area contributed by atoms with Gasteiger partial charge in [0.2, 0.25) is 0 Å². The lowest BCUT2D eigenvalue weighted by atomic mass is 10.2. The third-order valence-electron chi connectivity index (χ3n) is 2.96. The van der Waals surface area contributed by atoms with Gasteiger partial charge in [0.05, 0.1) is 22.9 Å². The SMILES string of the molecule is CCOc1cc(C=NNC(=O)c2ccccc2Br)c(Br)c(Br)c1O. The van der Waals surface area contributed by atoms with Crippen LogP contribution in [0.5, 0.6) is 11.5 Å². The van der Waals surface area contributed by atoms with Crippen molar-refractivity contribution in [3.8, 4) is 11.5 Å². The first-order valence-electron chi connectivity index (χ1n) is 6.87. The zero-order valence-electron chi connectivity index (χ0n) is 12.5. The Morgan fingerprint density at radius 3 is 2.67 bits per heavy atom. The van der Waals surface area contributed by atoms with Gasteiger partial charge in [-0.2, -0.15) is 5.10 Å². The predicted molar refractivity (Wildman–Crippen MR) is 104 cm³/mol. The summed E-state index contributed by atoms with van der Waals surface area (Å²) in [6.07, 6.45) is 1.46. The molecule has 24 heavy (non-hydrogen) atoms. The number of ether oxygens (including phenoxy) is 1. The normalized spacial score (nSPS) is 10.8. The Bertz CT molecular complexity index is 794. The maximum atomic E-state index is 12.1. The highest BCUT2D eigenvalue weighted by Gasteiger charge is 2.14. The number of halogens is 3. The average Bonchev–Trinajstić information content (AvgIpc) is 2.57. The van der Waals surface area contributed by atoms with Crippen molar-refractivity contribution in [2.75, 3.05) is 6.61 Å². The van der Waals surface area contributed by atoms with E-state index < -0.39 is 0 Å². The number of carbonyl (C=O) groups is 1. The predicted octanol–water partition coefficient (Wildman–Crippen LogP) is 4.84. The average molecular weight is 521 g/mol. The lowest BCUT2D eigenvalue weighted by Crippen LogP contribution is -2.18. The Hall–Kier alpha value is -1.38. The maximum absolute atomic E-state index is 12.1. The number of carbonyl (C=O) groups excluding carboxylic acids is 1. The quantitative estimate of drug-likeness (QED) is 0.438. The van der Waals surface area contributed by atoms with E-state index in [9.17, 15) is 9.90 Å². The highest BCUT2D eigenvalue weighted by atomic mass is 79.9. The second-order valence-electron chi connectivity index (χ2n) is 4.55. The van der Waals surface area contributed by atoms with Crippen molar-refractivity contribution in [2.24, 2.45) is 5.10 Å². The van der Waals surface area contributed by atoms with E-state index in [1.54, 1.807) is 24.3 Å². The van der Waals surface area contributed by atoms with Crippen LogP contribution < -0.4 is 10.2 Å². The Kier molecular flexibility index (Phi) is 6.82. The van der Waals surface area contributed by atoms with Crippen LogP contribution in [0, 0.1) is 0 Å². The monoisotopic (exact) mass is 518 g/mol. The molecule has 126 valence electrons. The van der Waals surface area contributed by atoms with Crippen LogP contribution in [0.2, 0.25) is 0 Å². The van der Waals surface area contributed by atoms with Crippen molar-refractivity contribution in [3.05, 3.63) is 54.9 Å². The van der Waals surface area contributed by atoms with E-state index in [1.165, 1.54) is 6.21 Å². The largest absolute Gasteiger partial charge is 0.503 e. The van der Waals surface area contributed by atoms with Crippen LogP contribution in [-0.4, -0.2) is 23.8 Å². The number of hydrogen-bond acceptors (Lipinski definition) is 4. The fourth-order valence-electron chi connectivity index (χ4n) is 1.84. The molecule has 8 heteroatoms. The summed E-state index contributed by atoms with van der Waals surface area (Å²) in [4.78, 5) is 12.1. The lowest BCUT2D eigenvalue weighted by Gasteiger charge is -2.11. The number of rotatable bonds is 5. The molecule has 0 spiro atoms. The molecule has 0 aliphatic carbocycles. The molecular weight excluding hydrogens is 508 g/mol. The first-order valence-corrected chi connectivity index (χ1v) is 9.25. The molecule has 0 aliphatic heterocycles. The van der Waals surface area contributed by atoms with Crippen LogP contribution in [0.25, 0.3) is 0 Å². The molecule has 0 saturated carbocycles. The molecule has 0 atom stereocenters. The van der Waals surface area contributed by atoms with E-state index in [0.29, 0.717) is 36.9 Å². The molecule has 2 rings (SSSR count). The topological polar surface area (TPSA) is 70.9 Å². The van der Waals surface area contributed by atoms with E-state index in [2.05, 4.69) is 58.3 Å². The van der Waals surface area contributed by atoms with Gasteiger partial charge in [0.1, 0.15) is 0 Å². The van der Waals surface area contributed by atoms with Gasteiger partial charge >= 0.3 is 0 Å². The van der Waals surface area contributed by atoms with Crippen LogP contribution in [0.3, 0.4) is 0 Å². The van der Waals surface area contributed by atoms with Gasteiger partial charge in [0.25, 0.3) is 5.91 Å². The van der Waals surface area contributed by atoms with Gasteiger partial charge in [-0.15, -0.1) is 0 Å². The number of hydrazone groups is 1. The van der Waals surface area contributed by atoms with Crippen molar-refractivity contribution < 1.29 is 14.6 Å². The molecule has 0 fully saturated rings. The summed E-state index contributed by atoms with van der Waals surface area (Å²) in [6.45, 7) is 2.23. The Morgan fingerprint density at radius 2 is 2.00 bits per heavy atom. The molecule has 0 aliphatic rings. The fraction of sp³-hybridized carbons (Fsp3) is 0.125. The molecule has 5 nitrogen and oxygen atoms in total. The lowest BCUT2D eigenvalue weighted by molar-refractivity contribution is 0.0954. The first-order chi connectivity index (χ1) is 11.5. The van der Waals surface area contributed by atoms with E-state index in [4.69, 9.17) is 4.74 Å². The minimum absolute atomic E-state index is 0.00173. The van der Waals surface area contributed by atoms with Gasteiger partial charge < -0.3 is 9.84 Å². The number of nitrogens with zero attached hydrogens (tertiary/aromatic N) is 1. The highest BCUT2D eigenvalue weighted by molar-refractivity contribution is 9.13. The molecule has 0 aromatic heterocycles. The second-order valence-corrected chi connectivity index (χ2v) is 6.99. The first kappa shape index (κ1) is 19.0. The van der Waals surface area contributed by atoms with Crippen molar-refractivity contribution in [3.63, 3.8) is 0 Å². The minimum atomic E-state index is -0.335. The molecule has 2 N–H and O–H groups in total. The molecule has 1 amide bonds. The van der Waals surface area contributed by atoms with Crippen molar-refractivity contribution in [1.29, 1.82) is 0 Å². The zero-order valence-corrected chi connectivity index (χ0v) is 17.3. The van der Waals surface area contributed by atoms with E-state index >= 15 is 0 Å². The van der Waals surface area contributed by atoms with E-state index in [-0.39, 0.29) is 11.7 Å². The van der Waals surface area contributed by atoms with Gasteiger partial charge in [-0.3, -0.25) is 4.79 Å². The molecule has 0 saturated heterocycles. The number of phenols is 1. The van der Waals surface area contributed by atoms with Gasteiger partial charge in [-0.1, -0.05) is 12.1 Å². The summed E-state index contributed by atoms with van der Waals surface area (Å²) in [5.41, 5.74) is 3.58. The summed E-state index contributed by atoms with van der Waals surface area (Å²) in [7, 11) is 0. The molecule has 0 bridgehead atoms. The van der Waals surface area contributed by atoms with Crippen LogP contribution in [-0.2, 0) is 0 Å². The molecule has 0 heterocycles. The minimum Gasteiger partial charge on any atom is -0.503 e. The summed E-state index contributed by atoms with van der Waals surface area (Å²) in [5, 5.41) is 14.0. The summed E-state index contributed by atoms with van der Waals surface area (Å²) in [6, 6.07) is 8.69. The van der Waals surface area contributed by atoms with Crippen molar-refractivity contribution >= 4 is 59.9 Å². The number of nitrogens with one attached hydrogen (secondary N) is 1. The number of hydrogen-bond donors (Lipinski definition) is 2.